The normalized spacial score (nSPS) is 10.9. The van der Waals surface area contributed by atoms with E-state index in [2.05, 4.69) is 17.2 Å². The molecule has 2 aromatic rings. The van der Waals surface area contributed by atoms with Crippen LogP contribution in [-0.4, -0.2) is 21.8 Å². The maximum atomic E-state index is 12.4. The number of amides is 1. The van der Waals surface area contributed by atoms with Crippen LogP contribution in [0.25, 0.3) is 5.65 Å². The van der Waals surface area contributed by atoms with Crippen molar-refractivity contribution in [3.8, 4) is 0 Å². The Labute approximate surface area is 143 Å². The summed E-state index contributed by atoms with van der Waals surface area (Å²) in [5.41, 5.74) is 1.28. The van der Waals surface area contributed by atoms with Gasteiger partial charge in [-0.2, -0.15) is 0 Å². The number of fused-ring (bicyclic) bond motifs is 1. The average molecular weight is 329 g/mol. The molecule has 2 rings (SSSR count). The third-order valence-corrected chi connectivity index (χ3v) is 4.16. The highest BCUT2D eigenvalue weighted by molar-refractivity contribution is 5.93. The summed E-state index contributed by atoms with van der Waals surface area (Å²) in [6.45, 7) is 4.71. The molecule has 0 unspecified atom stereocenters. The zero-order valence-corrected chi connectivity index (χ0v) is 14.7. The minimum absolute atomic E-state index is 0.0982. The van der Waals surface area contributed by atoms with E-state index in [9.17, 15) is 9.59 Å². The van der Waals surface area contributed by atoms with Crippen molar-refractivity contribution in [1.29, 1.82) is 0 Å². The molecule has 0 saturated carbocycles. The Hall–Kier alpha value is -2.17. The van der Waals surface area contributed by atoms with Gasteiger partial charge in [0.25, 0.3) is 11.5 Å². The summed E-state index contributed by atoms with van der Waals surface area (Å²) >= 11 is 0. The molecule has 24 heavy (non-hydrogen) atoms. The maximum Gasteiger partial charge on any atom is 0.270 e. The van der Waals surface area contributed by atoms with Crippen molar-refractivity contribution >= 4 is 11.6 Å². The lowest BCUT2D eigenvalue weighted by atomic mass is 10.1. The highest BCUT2D eigenvalue weighted by Crippen LogP contribution is 2.06. The van der Waals surface area contributed by atoms with E-state index in [-0.39, 0.29) is 17.0 Å². The summed E-state index contributed by atoms with van der Waals surface area (Å²) < 4.78 is 1.43. The van der Waals surface area contributed by atoms with E-state index in [1.165, 1.54) is 42.7 Å². The van der Waals surface area contributed by atoms with Gasteiger partial charge in [-0.05, 0) is 25.0 Å². The molecule has 0 aliphatic rings. The summed E-state index contributed by atoms with van der Waals surface area (Å²) in [5.74, 6) is -0.339. The van der Waals surface area contributed by atoms with Gasteiger partial charge >= 0.3 is 0 Å². The molecule has 130 valence electrons. The Balaban J connectivity index is 1.86. The van der Waals surface area contributed by atoms with Gasteiger partial charge in [0.2, 0.25) is 0 Å². The predicted octanol–water partition coefficient (Wildman–Crippen LogP) is 3.48. The van der Waals surface area contributed by atoms with Gasteiger partial charge in [-0.1, -0.05) is 51.5 Å². The van der Waals surface area contributed by atoms with Gasteiger partial charge in [0.1, 0.15) is 11.2 Å². The van der Waals surface area contributed by atoms with E-state index in [1.54, 1.807) is 12.3 Å². The van der Waals surface area contributed by atoms with E-state index < -0.39 is 0 Å². The van der Waals surface area contributed by atoms with Crippen molar-refractivity contribution in [2.24, 2.45) is 0 Å². The Morgan fingerprint density at radius 2 is 1.83 bits per heavy atom. The Kier molecular flexibility index (Phi) is 6.97. The molecule has 1 N–H and O–H groups in total. The van der Waals surface area contributed by atoms with Crippen LogP contribution in [0, 0.1) is 6.92 Å². The minimum Gasteiger partial charge on any atom is -0.352 e. The molecule has 2 aromatic heterocycles. The van der Waals surface area contributed by atoms with E-state index in [0.29, 0.717) is 12.2 Å². The van der Waals surface area contributed by atoms with Crippen molar-refractivity contribution in [1.82, 2.24) is 14.7 Å². The van der Waals surface area contributed by atoms with Crippen LogP contribution < -0.4 is 10.9 Å². The van der Waals surface area contributed by atoms with Crippen LogP contribution in [0.3, 0.4) is 0 Å². The molecule has 2 heterocycles. The van der Waals surface area contributed by atoms with E-state index in [1.807, 2.05) is 13.0 Å². The molecule has 0 atom stereocenters. The lowest BCUT2D eigenvalue weighted by Gasteiger charge is -2.07. The second-order valence-electron chi connectivity index (χ2n) is 6.29. The fourth-order valence-electron chi connectivity index (χ4n) is 2.72. The van der Waals surface area contributed by atoms with Gasteiger partial charge in [0, 0.05) is 18.9 Å². The first kappa shape index (κ1) is 18.2. The summed E-state index contributed by atoms with van der Waals surface area (Å²) in [6.07, 6.45) is 11.4. The average Bonchev–Trinajstić information content (AvgIpc) is 2.58. The predicted molar refractivity (Wildman–Crippen MR) is 96.5 cm³/mol. The standard InChI is InChI=1S/C19H27N3O2/c1-3-4-5-6-7-8-9-12-20-18(23)16-13-21-17-11-10-15(2)14-22(17)19(16)24/h10-11,13-14H,3-9,12H2,1-2H3,(H,20,23). The van der Waals surface area contributed by atoms with Gasteiger partial charge in [0.15, 0.2) is 0 Å². The summed E-state index contributed by atoms with van der Waals surface area (Å²) in [4.78, 5) is 28.8. The van der Waals surface area contributed by atoms with Gasteiger partial charge in [-0.3, -0.25) is 14.0 Å². The van der Waals surface area contributed by atoms with Crippen LogP contribution in [0.15, 0.2) is 29.3 Å². The van der Waals surface area contributed by atoms with Crippen LogP contribution >= 0.6 is 0 Å². The van der Waals surface area contributed by atoms with E-state index in [0.717, 1.165) is 18.4 Å². The van der Waals surface area contributed by atoms with Gasteiger partial charge in [0.05, 0.1) is 0 Å². The van der Waals surface area contributed by atoms with Crippen molar-refractivity contribution in [2.45, 2.75) is 58.8 Å². The molecule has 0 aromatic carbocycles. The molecule has 0 bridgehead atoms. The van der Waals surface area contributed by atoms with Crippen LogP contribution in [0.4, 0.5) is 0 Å². The number of rotatable bonds is 9. The number of nitrogens with one attached hydrogen (secondary N) is 1. The summed E-state index contributed by atoms with van der Waals surface area (Å²) in [7, 11) is 0. The largest absolute Gasteiger partial charge is 0.352 e. The fourth-order valence-corrected chi connectivity index (χ4v) is 2.72. The van der Waals surface area contributed by atoms with Crippen LogP contribution in [0.2, 0.25) is 0 Å². The monoisotopic (exact) mass is 329 g/mol. The maximum absolute atomic E-state index is 12.4. The second-order valence-corrected chi connectivity index (χ2v) is 6.29. The zero-order valence-electron chi connectivity index (χ0n) is 14.7. The van der Waals surface area contributed by atoms with E-state index in [4.69, 9.17) is 0 Å². The zero-order chi connectivity index (χ0) is 17.4. The van der Waals surface area contributed by atoms with Gasteiger partial charge < -0.3 is 5.32 Å². The van der Waals surface area contributed by atoms with Crippen LogP contribution in [0.5, 0.6) is 0 Å². The van der Waals surface area contributed by atoms with E-state index >= 15 is 0 Å². The lowest BCUT2D eigenvalue weighted by molar-refractivity contribution is 0.0951. The van der Waals surface area contributed by atoms with Crippen molar-refractivity contribution in [2.75, 3.05) is 6.54 Å². The molecule has 0 aliphatic carbocycles. The number of nitrogens with zero attached hydrogens (tertiary/aromatic N) is 2. The first-order valence-corrected chi connectivity index (χ1v) is 8.89. The number of carbonyl (C=O) groups is 1. The number of aryl methyl sites for hydroxylation is 1. The molecule has 0 aliphatic heterocycles. The summed E-state index contributed by atoms with van der Waals surface area (Å²) in [6, 6.07) is 3.67. The topological polar surface area (TPSA) is 63.5 Å². The third-order valence-electron chi connectivity index (χ3n) is 4.16. The van der Waals surface area contributed by atoms with Crippen molar-refractivity contribution in [3.63, 3.8) is 0 Å². The van der Waals surface area contributed by atoms with Crippen LogP contribution in [0.1, 0.15) is 67.8 Å². The van der Waals surface area contributed by atoms with Crippen molar-refractivity contribution in [3.05, 3.63) is 46.0 Å². The SMILES string of the molecule is CCCCCCCCCNC(=O)c1cnc2ccc(C)cn2c1=O. The number of hydrogen-bond acceptors (Lipinski definition) is 3. The Morgan fingerprint density at radius 3 is 2.58 bits per heavy atom. The molecule has 0 spiro atoms. The van der Waals surface area contributed by atoms with Crippen molar-refractivity contribution < 1.29 is 4.79 Å². The summed E-state index contributed by atoms with van der Waals surface area (Å²) in [5, 5.41) is 2.83. The third kappa shape index (κ3) is 4.91. The second kappa shape index (κ2) is 9.21. The van der Waals surface area contributed by atoms with Gasteiger partial charge in [-0.15, -0.1) is 0 Å². The van der Waals surface area contributed by atoms with Crippen LogP contribution in [-0.2, 0) is 0 Å². The van der Waals surface area contributed by atoms with Gasteiger partial charge in [-0.25, -0.2) is 4.98 Å². The smallest absolute Gasteiger partial charge is 0.270 e. The fraction of sp³-hybridized carbons (Fsp3) is 0.526. The highest BCUT2D eigenvalue weighted by atomic mass is 16.2. The molecule has 1 amide bonds. The molecular formula is C19H27N3O2. The number of carbonyl (C=O) groups excluding carboxylic acids is 1. The Bertz CT molecular complexity index is 737. The molecule has 5 heteroatoms. The number of hydrogen-bond donors (Lipinski definition) is 1. The molecule has 0 fully saturated rings. The first-order valence-electron chi connectivity index (χ1n) is 8.89. The lowest BCUT2D eigenvalue weighted by Crippen LogP contribution is -2.32. The number of pyridine rings is 1. The Morgan fingerprint density at radius 1 is 1.12 bits per heavy atom. The first-order chi connectivity index (χ1) is 11.6. The number of aromatic nitrogens is 2. The molecular weight excluding hydrogens is 302 g/mol. The highest BCUT2D eigenvalue weighted by Gasteiger charge is 2.12. The molecule has 0 radical (unpaired) electrons. The number of unbranched alkanes of at least 4 members (excludes halogenated alkanes) is 6. The quantitative estimate of drug-likeness (QED) is 0.716. The molecule has 0 saturated heterocycles. The minimum atomic E-state index is -0.339. The molecule has 5 nitrogen and oxygen atoms in total.